The van der Waals surface area contributed by atoms with Gasteiger partial charge in [0.05, 0.1) is 16.8 Å². The van der Waals surface area contributed by atoms with Crippen LogP contribution in [0, 0.1) is 13.8 Å². The van der Waals surface area contributed by atoms with Gasteiger partial charge in [0.15, 0.2) is 0 Å². The lowest BCUT2D eigenvalue weighted by Gasteiger charge is -2.33. The maximum absolute atomic E-state index is 12.6. The third kappa shape index (κ3) is 4.11. The highest BCUT2D eigenvalue weighted by Crippen LogP contribution is 2.21. The molecule has 2 heterocycles. The summed E-state index contributed by atoms with van der Waals surface area (Å²) in [4.78, 5) is 9.21. The predicted octanol–water partition coefficient (Wildman–Crippen LogP) is 2.25. The largest absolute Gasteiger partial charge is 0.354 e. The summed E-state index contributed by atoms with van der Waals surface area (Å²) in [6.45, 7) is 7.61. The molecule has 25 heavy (non-hydrogen) atoms. The first kappa shape index (κ1) is 17.7. The standard InChI is InChI=1S/C18H24N4O2S/c1-14-4-6-17(15(2)12-14)25(23,24)20-16-5-7-18(19-13-16)22-10-8-21(3)9-11-22/h4-7,12-13,20H,8-11H2,1-3H3. The van der Waals surface area contributed by atoms with Gasteiger partial charge in [-0.05, 0) is 44.7 Å². The van der Waals surface area contributed by atoms with E-state index in [1.165, 1.54) is 0 Å². The van der Waals surface area contributed by atoms with Crippen molar-refractivity contribution in [1.82, 2.24) is 9.88 Å². The molecule has 0 saturated carbocycles. The van der Waals surface area contributed by atoms with Crippen LogP contribution in [0.25, 0.3) is 0 Å². The number of rotatable bonds is 4. The number of benzene rings is 1. The van der Waals surface area contributed by atoms with Crippen molar-refractivity contribution in [1.29, 1.82) is 0 Å². The Kier molecular flexibility index (Phi) is 4.96. The van der Waals surface area contributed by atoms with Crippen LogP contribution >= 0.6 is 0 Å². The van der Waals surface area contributed by atoms with Crippen LogP contribution in [-0.4, -0.2) is 51.5 Å². The molecular weight excluding hydrogens is 336 g/mol. The van der Waals surface area contributed by atoms with Crippen molar-refractivity contribution >= 4 is 21.5 Å². The molecule has 3 rings (SSSR count). The number of anilines is 2. The maximum Gasteiger partial charge on any atom is 0.262 e. The number of pyridine rings is 1. The van der Waals surface area contributed by atoms with Crippen molar-refractivity contribution in [3.05, 3.63) is 47.7 Å². The fourth-order valence-corrected chi connectivity index (χ4v) is 4.25. The molecule has 0 radical (unpaired) electrons. The van der Waals surface area contributed by atoms with E-state index in [-0.39, 0.29) is 0 Å². The fraction of sp³-hybridized carbons (Fsp3) is 0.389. The highest BCUT2D eigenvalue weighted by atomic mass is 32.2. The van der Waals surface area contributed by atoms with E-state index < -0.39 is 10.0 Å². The Balaban J connectivity index is 1.74. The van der Waals surface area contributed by atoms with Crippen LogP contribution in [-0.2, 0) is 10.0 Å². The van der Waals surface area contributed by atoms with Gasteiger partial charge in [-0.15, -0.1) is 0 Å². The lowest BCUT2D eigenvalue weighted by Crippen LogP contribution is -2.44. The molecule has 0 spiro atoms. The molecule has 0 bridgehead atoms. The lowest BCUT2D eigenvalue weighted by atomic mass is 10.2. The van der Waals surface area contributed by atoms with Crippen LogP contribution in [0.4, 0.5) is 11.5 Å². The number of aromatic nitrogens is 1. The van der Waals surface area contributed by atoms with Crippen LogP contribution in [0.2, 0.25) is 0 Å². The zero-order valence-electron chi connectivity index (χ0n) is 14.9. The van der Waals surface area contributed by atoms with Crippen molar-refractivity contribution in [2.75, 3.05) is 42.8 Å². The van der Waals surface area contributed by atoms with Crippen molar-refractivity contribution in [2.45, 2.75) is 18.7 Å². The minimum absolute atomic E-state index is 0.293. The highest BCUT2D eigenvalue weighted by Gasteiger charge is 2.18. The van der Waals surface area contributed by atoms with Crippen molar-refractivity contribution in [3.63, 3.8) is 0 Å². The molecule has 0 amide bonds. The summed E-state index contributed by atoms with van der Waals surface area (Å²) in [5.41, 5.74) is 2.24. The molecule has 1 aliphatic heterocycles. The van der Waals surface area contributed by atoms with E-state index in [1.54, 1.807) is 31.3 Å². The third-order valence-corrected chi connectivity index (χ3v) is 5.99. The van der Waals surface area contributed by atoms with Crippen molar-refractivity contribution in [2.24, 2.45) is 0 Å². The van der Waals surface area contributed by atoms with E-state index in [1.807, 2.05) is 19.1 Å². The summed E-state index contributed by atoms with van der Waals surface area (Å²) >= 11 is 0. The molecular formula is C18H24N4O2S. The third-order valence-electron chi connectivity index (χ3n) is 4.45. The van der Waals surface area contributed by atoms with E-state index in [9.17, 15) is 8.42 Å². The average molecular weight is 360 g/mol. The summed E-state index contributed by atoms with van der Waals surface area (Å²) in [5, 5.41) is 0. The molecule has 1 aromatic heterocycles. The van der Waals surface area contributed by atoms with Crippen LogP contribution < -0.4 is 9.62 Å². The number of aryl methyl sites for hydroxylation is 2. The Labute approximate surface area is 149 Å². The first-order valence-corrected chi connectivity index (χ1v) is 9.83. The Morgan fingerprint density at radius 3 is 2.36 bits per heavy atom. The van der Waals surface area contributed by atoms with E-state index in [2.05, 4.69) is 26.6 Å². The number of sulfonamides is 1. The van der Waals surface area contributed by atoms with Crippen molar-refractivity contribution < 1.29 is 8.42 Å². The van der Waals surface area contributed by atoms with Gasteiger partial charge >= 0.3 is 0 Å². The molecule has 6 nitrogen and oxygen atoms in total. The number of nitrogens with one attached hydrogen (secondary N) is 1. The molecule has 1 fully saturated rings. The Morgan fingerprint density at radius 1 is 1.04 bits per heavy atom. The normalized spacial score (nSPS) is 16.0. The molecule has 1 saturated heterocycles. The fourth-order valence-electron chi connectivity index (χ4n) is 2.98. The number of likely N-dealkylation sites (N-methyl/N-ethyl adjacent to an activating group) is 1. The minimum Gasteiger partial charge on any atom is -0.354 e. The van der Waals surface area contributed by atoms with Crippen LogP contribution in [0.5, 0.6) is 0 Å². The van der Waals surface area contributed by atoms with Crippen LogP contribution in [0.1, 0.15) is 11.1 Å². The molecule has 0 aliphatic carbocycles. The van der Waals surface area contributed by atoms with Crippen LogP contribution in [0.3, 0.4) is 0 Å². The smallest absolute Gasteiger partial charge is 0.262 e. The van der Waals surface area contributed by atoms with Gasteiger partial charge in [0.1, 0.15) is 5.82 Å². The monoisotopic (exact) mass is 360 g/mol. The summed E-state index contributed by atoms with van der Waals surface area (Å²) in [5.74, 6) is 0.877. The topological polar surface area (TPSA) is 65.5 Å². The first-order valence-electron chi connectivity index (χ1n) is 8.35. The molecule has 0 unspecified atom stereocenters. The highest BCUT2D eigenvalue weighted by molar-refractivity contribution is 7.92. The molecule has 2 aromatic rings. The van der Waals surface area contributed by atoms with Gasteiger partial charge in [0, 0.05) is 26.2 Å². The van der Waals surface area contributed by atoms with Gasteiger partial charge in [0.2, 0.25) is 0 Å². The SMILES string of the molecule is Cc1ccc(S(=O)(=O)Nc2ccc(N3CCN(C)CC3)nc2)c(C)c1. The zero-order chi connectivity index (χ0) is 18.0. The zero-order valence-corrected chi connectivity index (χ0v) is 15.7. The molecule has 7 heteroatoms. The first-order chi connectivity index (χ1) is 11.8. The maximum atomic E-state index is 12.6. The van der Waals surface area contributed by atoms with E-state index in [4.69, 9.17) is 0 Å². The summed E-state index contributed by atoms with van der Waals surface area (Å²) < 4.78 is 27.8. The van der Waals surface area contributed by atoms with Gasteiger partial charge < -0.3 is 9.80 Å². The minimum atomic E-state index is -3.62. The summed E-state index contributed by atoms with van der Waals surface area (Å²) in [6, 6.07) is 8.94. The molecule has 134 valence electrons. The average Bonchev–Trinajstić information content (AvgIpc) is 2.55. The van der Waals surface area contributed by atoms with Gasteiger partial charge in [-0.25, -0.2) is 13.4 Å². The number of piperazine rings is 1. The Bertz CT molecular complexity index is 842. The second kappa shape index (κ2) is 7.01. The second-order valence-corrected chi connectivity index (χ2v) is 8.22. The van der Waals surface area contributed by atoms with Crippen LogP contribution in [0.15, 0.2) is 41.4 Å². The molecule has 0 atom stereocenters. The molecule has 1 N–H and O–H groups in total. The Hall–Kier alpha value is -2.12. The Morgan fingerprint density at radius 2 is 1.76 bits per heavy atom. The summed E-state index contributed by atoms with van der Waals surface area (Å²) in [7, 11) is -1.51. The second-order valence-electron chi connectivity index (χ2n) is 6.57. The number of hydrogen-bond acceptors (Lipinski definition) is 5. The van der Waals surface area contributed by atoms with Gasteiger partial charge in [0.25, 0.3) is 10.0 Å². The van der Waals surface area contributed by atoms with E-state index in [0.717, 1.165) is 43.1 Å². The van der Waals surface area contributed by atoms with Gasteiger partial charge in [-0.2, -0.15) is 0 Å². The number of hydrogen-bond donors (Lipinski definition) is 1. The quantitative estimate of drug-likeness (QED) is 0.906. The van der Waals surface area contributed by atoms with Gasteiger partial charge in [-0.3, -0.25) is 4.72 Å². The van der Waals surface area contributed by atoms with E-state index in [0.29, 0.717) is 10.6 Å². The van der Waals surface area contributed by atoms with Gasteiger partial charge in [-0.1, -0.05) is 17.7 Å². The predicted molar refractivity (Wildman–Crippen MR) is 101 cm³/mol. The summed E-state index contributed by atoms with van der Waals surface area (Å²) in [6.07, 6.45) is 1.58. The van der Waals surface area contributed by atoms with E-state index >= 15 is 0 Å². The molecule has 1 aromatic carbocycles. The lowest BCUT2D eigenvalue weighted by molar-refractivity contribution is 0.312. The molecule has 1 aliphatic rings. The van der Waals surface area contributed by atoms with Crippen molar-refractivity contribution in [3.8, 4) is 0 Å². The number of nitrogens with zero attached hydrogens (tertiary/aromatic N) is 3.